The van der Waals surface area contributed by atoms with E-state index in [9.17, 15) is 0 Å². The molecule has 1 aromatic heterocycles. The maximum atomic E-state index is 2.47. The summed E-state index contributed by atoms with van der Waals surface area (Å²) < 4.78 is 2.47. The zero-order valence-electron chi connectivity index (χ0n) is 13.4. The standard InChI is InChI=1S/C21H19NS/c1-15-12-13-18-17-10-6-7-11-19(17)22(20(18)21(15)23-2)14-16-8-4-3-5-9-16/h3-13H,14H2,1-2H3. The van der Waals surface area contributed by atoms with E-state index in [1.807, 2.05) is 11.8 Å². The van der Waals surface area contributed by atoms with Crippen LogP contribution in [0.5, 0.6) is 0 Å². The molecule has 1 heterocycles. The lowest BCUT2D eigenvalue weighted by molar-refractivity contribution is 0.861. The van der Waals surface area contributed by atoms with Crippen LogP contribution in [0.2, 0.25) is 0 Å². The van der Waals surface area contributed by atoms with E-state index in [-0.39, 0.29) is 0 Å². The summed E-state index contributed by atoms with van der Waals surface area (Å²) in [6, 6.07) is 24.0. The van der Waals surface area contributed by atoms with Gasteiger partial charge in [-0.3, -0.25) is 0 Å². The molecule has 0 N–H and O–H groups in total. The van der Waals surface area contributed by atoms with E-state index < -0.39 is 0 Å². The van der Waals surface area contributed by atoms with Crippen molar-refractivity contribution in [2.45, 2.75) is 18.4 Å². The zero-order valence-corrected chi connectivity index (χ0v) is 14.2. The molecule has 0 saturated carbocycles. The van der Waals surface area contributed by atoms with Crippen molar-refractivity contribution in [3.8, 4) is 0 Å². The van der Waals surface area contributed by atoms with Gasteiger partial charge in [0, 0.05) is 27.7 Å². The molecular weight excluding hydrogens is 298 g/mol. The highest BCUT2D eigenvalue weighted by Gasteiger charge is 2.15. The summed E-state index contributed by atoms with van der Waals surface area (Å²) in [5.41, 5.74) is 5.36. The SMILES string of the molecule is CSc1c(C)ccc2c3ccccc3n(Cc3ccccc3)c12. The summed E-state index contributed by atoms with van der Waals surface area (Å²) in [6.07, 6.45) is 2.17. The summed E-state index contributed by atoms with van der Waals surface area (Å²) >= 11 is 1.84. The van der Waals surface area contributed by atoms with Gasteiger partial charge in [0.15, 0.2) is 0 Å². The Labute approximate surface area is 140 Å². The van der Waals surface area contributed by atoms with Crippen LogP contribution in [0.4, 0.5) is 0 Å². The van der Waals surface area contributed by atoms with Gasteiger partial charge in [-0.25, -0.2) is 0 Å². The Balaban J connectivity index is 2.08. The average Bonchev–Trinajstić information content (AvgIpc) is 2.90. The molecular formula is C21H19NS. The Hall–Kier alpha value is -2.19. The minimum Gasteiger partial charge on any atom is -0.335 e. The molecule has 2 heteroatoms. The van der Waals surface area contributed by atoms with Gasteiger partial charge in [-0.2, -0.15) is 0 Å². The first-order valence-corrected chi connectivity index (χ1v) is 9.10. The van der Waals surface area contributed by atoms with Gasteiger partial charge in [0.2, 0.25) is 0 Å². The Morgan fingerprint density at radius 2 is 1.57 bits per heavy atom. The van der Waals surface area contributed by atoms with Crippen LogP contribution in [0.1, 0.15) is 11.1 Å². The van der Waals surface area contributed by atoms with E-state index in [4.69, 9.17) is 0 Å². The molecule has 0 amide bonds. The van der Waals surface area contributed by atoms with Gasteiger partial charge >= 0.3 is 0 Å². The Morgan fingerprint density at radius 3 is 2.35 bits per heavy atom. The largest absolute Gasteiger partial charge is 0.335 e. The fourth-order valence-electron chi connectivity index (χ4n) is 3.40. The minimum atomic E-state index is 0.905. The maximum Gasteiger partial charge on any atom is 0.0635 e. The van der Waals surface area contributed by atoms with E-state index in [2.05, 4.69) is 84.5 Å². The predicted octanol–water partition coefficient (Wildman–Crippen LogP) is 5.87. The molecule has 0 atom stereocenters. The number of hydrogen-bond acceptors (Lipinski definition) is 1. The fraction of sp³-hybridized carbons (Fsp3) is 0.143. The minimum absolute atomic E-state index is 0.905. The normalized spacial score (nSPS) is 11.4. The highest BCUT2D eigenvalue weighted by atomic mass is 32.2. The van der Waals surface area contributed by atoms with Crippen molar-refractivity contribution in [1.82, 2.24) is 4.57 Å². The second-order valence-electron chi connectivity index (χ2n) is 5.90. The lowest BCUT2D eigenvalue weighted by Gasteiger charge is -2.12. The first-order valence-electron chi connectivity index (χ1n) is 7.88. The molecule has 0 aliphatic carbocycles. The molecule has 4 aromatic rings. The number of aromatic nitrogens is 1. The Morgan fingerprint density at radius 1 is 0.826 bits per heavy atom. The van der Waals surface area contributed by atoms with Crippen molar-refractivity contribution in [3.63, 3.8) is 0 Å². The van der Waals surface area contributed by atoms with E-state index in [1.165, 1.54) is 37.8 Å². The summed E-state index contributed by atoms with van der Waals surface area (Å²) in [5, 5.41) is 2.69. The second kappa shape index (κ2) is 5.78. The number of aryl methyl sites for hydroxylation is 1. The smallest absolute Gasteiger partial charge is 0.0635 e. The first kappa shape index (κ1) is 14.4. The summed E-state index contributed by atoms with van der Waals surface area (Å²) in [5.74, 6) is 0. The van der Waals surface area contributed by atoms with Crippen LogP contribution in [0.25, 0.3) is 21.8 Å². The van der Waals surface area contributed by atoms with E-state index >= 15 is 0 Å². The van der Waals surface area contributed by atoms with Crippen molar-refractivity contribution in [2.75, 3.05) is 6.26 Å². The third kappa shape index (κ3) is 2.34. The number of hydrogen-bond donors (Lipinski definition) is 0. The van der Waals surface area contributed by atoms with Gasteiger partial charge in [0.05, 0.1) is 5.52 Å². The molecule has 0 radical (unpaired) electrons. The number of benzene rings is 3. The topological polar surface area (TPSA) is 4.93 Å². The third-order valence-corrected chi connectivity index (χ3v) is 5.39. The molecule has 114 valence electrons. The molecule has 0 spiro atoms. The molecule has 0 unspecified atom stereocenters. The van der Waals surface area contributed by atoms with Crippen LogP contribution in [0.3, 0.4) is 0 Å². The van der Waals surface area contributed by atoms with Gasteiger partial charge in [-0.15, -0.1) is 11.8 Å². The average molecular weight is 317 g/mol. The molecule has 0 aliphatic heterocycles. The fourth-order valence-corrected chi connectivity index (χ4v) is 4.21. The van der Waals surface area contributed by atoms with Gasteiger partial charge in [0.25, 0.3) is 0 Å². The van der Waals surface area contributed by atoms with Crippen LogP contribution in [-0.2, 0) is 6.54 Å². The number of para-hydroxylation sites is 1. The van der Waals surface area contributed by atoms with Gasteiger partial charge in [-0.1, -0.05) is 60.7 Å². The van der Waals surface area contributed by atoms with Crippen LogP contribution in [-0.4, -0.2) is 10.8 Å². The molecule has 0 saturated heterocycles. The van der Waals surface area contributed by atoms with Crippen molar-refractivity contribution < 1.29 is 0 Å². The lowest BCUT2D eigenvalue weighted by atomic mass is 10.1. The Kier molecular flexibility index (Phi) is 3.62. The monoisotopic (exact) mass is 317 g/mol. The number of thioether (sulfide) groups is 1. The highest BCUT2D eigenvalue weighted by molar-refractivity contribution is 7.98. The van der Waals surface area contributed by atoms with Crippen molar-refractivity contribution in [3.05, 3.63) is 77.9 Å². The van der Waals surface area contributed by atoms with E-state index in [1.54, 1.807) is 0 Å². The van der Waals surface area contributed by atoms with Crippen LogP contribution >= 0.6 is 11.8 Å². The second-order valence-corrected chi connectivity index (χ2v) is 6.72. The molecule has 0 bridgehead atoms. The van der Waals surface area contributed by atoms with E-state index in [0.717, 1.165) is 6.54 Å². The summed E-state index contributed by atoms with van der Waals surface area (Å²) in [7, 11) is 0. The van der Waals surface area contributed by atoms with Crippen LogP contribution in [0, 0.1) is 6.92 Å². The van der Waals surface area contributed by atoms with E-state index in [0.29, 0.717) is 0 Å². The number of fused-ring (bicyclic) bond motifs is 3. The summed E-state index contributed by atoms with van der Waals surface area (Å²) in [6.45, 7) is 3.11. The zero-order chi connectivity index (χ0) is 15.8. The molecule has 0 aliphatic rings. The number of nitrogens with zero attached hydrogens (tertiary/aromatic N) is 1. The van der Waals surface area contributed by atoms with Gasteiger partial charge in [-0.05, 0) is 30.4 Å². The quantitative estimate of drug-likeness (QED) is 0.428. The summed E-state index contributed by atoms with van der Waals surface area (Å²) in [4.78, 5) is 1.38. The molecule has 3 aromatic carbocycles. The van der Waals surface area contributed by atoms with Crippen molar-refractivity contribution in [1.29, 1.82) is 0 Å². The maximum absolute atomic E-state index is 2.47. The molecule has 0 fully saturated rings. The lowest BCUT2D eigenvalue weighted by Crippen LogP contribution is -2.00. The van der Waals surface area contributed by atoms with Crippen molar-refractivity contribution >= 4 is 33.6 Å². The van der Waals surface area contributed by atoms with Crippen molar-refractivity contribution in [2.24, 2.45) is 0 Å². The third-order valence-electron chi connectivity index (χ3n) is 4.47. The van der Waals surface area contributed by atoms with Crippen LogP contribution in [0.15, 0.2) is 71.6 Å². The molecule has 4 rings (SSSR count). The Bertz CT molecular complexity index is 983. The van der Waals surface area contributed by atoms with Gasteiger partial charge in [0.1, 0.15) is 0 Å². The predicted molar refractivity (Wildman–Crippen MR) is 102 cm³/mol. The van der Waals surface area contributed by atoms with Crippen LogP contribution < -0.4 is 0 Å². The highest BCUT2D eigenvalue weighted by Crippen LogP contribution is 2.37. The number of rotatable bonds is 3. The first-order chi connectivity index (χ1) is 11.3. The molecule has 23 heavy (non-hydrogen) atoms. The molecule has 1 nitrogen and oxygen atoms in total. The van der Waals surface area contributed by atoms with Gasteiger partial charge < -0.3 is 4.57 Å².